The van der Waals surface area contributed by atoms with Crippen LogP contribution in [0.1, 0.15) is 66.6 Å². The first-order chi connectivity index (χ1) is 19.5. The minimum atomic E-state index is -1.57. The third-order valence-electron chi connectivity index (χ3n) is 7.61. The highest BCUT2D eigenvalue weighted by Crippen LogP contribution is 2.43. The molecule has 1 unspecified atom stereocenters. The van der Waals surface area contributed by atoms with E-state index in [1.165, 1.54) is 9.80 Å². The first kappa shape index (κ1) is 29.6. The lowest BCUT2D eigenvalue weighted by Crippen LogP contribution is -2.52. The Morgan fingerprint density at radius 3 is 2.27 bits per heavy atom. The minimum Gasteiger partial charge on any atom is -0.481 e. The van der Waals surface area contributed by atoms with Gasteiger partial charge in [0.1, 0.15) is 11.3 Å². The van der Waals surface area contributed by atoms with Crippen LogP contribution in [-0.4, -0.2) is 93.2 Å². The fourth-order valence-electron chi connectivity index (χ4n) is 5.20. The quantitative estimate of drug-likeness (QED) is 0.382. The maximum Gasteiger partial charge on any atom is 0.409 e. The Morgan fingerprint density at radius 1 is 1.07 bits per heavy atom. The molecule has 1 aliphatic carbocycles. The first-order valence-corrected chi connectivity index (χ1v) is 13.6. The maximum atomic E-state index is 13.9. The molecule has 2 heterocycles. The average Bonchev–Trinajstić information content (AvgIpc) is 2.90. The summed E-state index contributed by atoms with van der Waals surface area (Å²) in [6.45, 7) is 4.45. The second kappa shape index (κ2) is 12.0. The van der Waals surface area contributed by atoms with Gasteiger partial charge in [-0.25, -0.2) is 9.59 Å². The summed E-state index contributed by atoms with van der Waals surface area (Å²) in [5, 5.41) is 19.8. The van der Waals surface area contributed by atoms with Crippen LogP contribution in [0.3, 0.4) is 0 Å². The Morgan fingerprint density at radius 2 is 1.73 bits per heavy atom. The van der Waals surface area contributed by atoms with Crippen molar-refractivity contribution in [2.24, 2.45) is 5.73 Å². The van der Waals surface area contributed by atoms with Crippen LogP contribution in [0.2, 0.25) is 0 Å². The fourth-order valence-corrected chi connectivity index (χ4v) is 5.20. The van der Waals surface area contributed by atoms with Crippen LogP contribution in [0.25, 0.3) is 10.9 Å². The van der Waals surface area contributed by atoms with Crippen molar-refractivity contribution in [3.63, 3.8) is 0 Å². The summed E-state index contributed by atoms with van der Waals surface area (Å²) in [5.74, 6) is -5.08. The van der Waals surface area contributed by atoms with Crippen LogP contribution in [0.15, 0.2) is 18.2 Å². The molecular formula is C28H34N4O9. The van der Waals surface area contributed by atoms with Gasteiger partial charge in [-0.1, -0.05) is 11.6 Å². The summed E-state index contributed by atoms with van der Waals surface area (Å²) in [5.41, 5.74) is 5.10. The SMILES string of the molecule is CCOC(=O)N1CCN(C(=O)C(CCC(=O)O)c2nc3ccc(C)cc3c(OC3(C(=O)O)CCC3)c2C(N)=O)CC1. The van der Waals surface area contributed by atoms with Gasteiger partial charge in [0.25, 0.3) is 5.91 Å². The van der Waals surface area contributed by atoms with Gasteiger partial charge < -0.3 is 35.2 Å². The normalized spacial score (nSPS) is 16.9. The summed E-state index contributed by atoms with van der Waals surface area (Å²) in [7, 11) is 0. The van der Waals surface area contributed by atoms with Gasteiger partial charge in [-0.15, -0.1) is 0 Å². The number of aromatic nitrogens is 1. The number of hydrogen-bond acceptors (Lipinski definition) is 8. The lowest BCUT2D eigenvalue weighted by Gasteiger charge is -2.39. The van der Waals surface area contributed by atoms with E-state index in [4.69, 9.17) is 15.2 Å². The Kier molecular flexibility index (Phi) is 8.64. The van der Waals surface area contributed by atoms with E-state index in [1.807, 2.05) is 6.92 Å². The molecule has 41 heavy (non-hydrogen) atoms. The number of aliphatic carboxylic acids is 2. The van der Waals surface area contributed by atoms with Crippen LogP contribution < -0.4 is 10.5 Å². The van der Waals surface area contributed by atoms with Gasteiger partial charge in [-0.2, -0.15) is 0 Å². The highest BCUT2D eigenvalue weighted by atomic mass is 16.6. The molecule has 1 atom stereocenters. The number of carbonyl (C=O) groups excluding carboxylic acids is 3. The lowest BCUT2D eigenvalue weighted by atomic mass is 9.80. The second-order valence-electron chi connectivity index (χ2n) is 10.3. The van der Waals surface area contributed by atoms with Gasteiger partial charge in [0.05, 0.1) is 23.7 Å². The zero-order valence-electron chi connectivity index (χ0n) is 23.1. The Bertz CT molecular complexity index is 1380. The van der Waals surface area contributed by atoms with E-state index in [0.29, 0.717) is 17.3 Å². The van der Waals surface area contributed by atoms with Crippen LogP contribution in [-0.2, 0) is 19.1 Å². The van der Waals surface area contributed by atoms with E-state index in [9.17, 15) is 34.2 Å². The monoisotopic (exact) mass is 570 g/mol. The van der Waals surface area contributed by atoms with Gasteiger partial charge in [-0.05, 0) is 51.7 Å². The average molecular weight is 571 g/mol. The zero-order chi connectivity index (χ0) is 29.9. The maximum absolute atomic E-state index is 13.9. The molecule has 2 aromatic rings. The lowest BCUT2D eigenvalue weighted by molar-refractivity contribution is -0.163. The van der Waals surface area contributed by atoms with E-state index < -0.39 is 47.8 Å². The molecule has 0 spiro atoms. The summed E-state index contributed by atoms with van der Waals surface area (Å²) in [6, 6.07) is 5.13. The topological polar surface area (TPSA) is 190 Å². The van der Waals surface area contributed by atoms with Crippen LogP contribution in [0.4, 0.5) is 4.79 Å². The molecule has 2 fully saturated rings. The van der Waals surface area contributed by atoms with E-state index in [1.54, 1.807) is 25.1 Å². The highest BCUT2D eigenvalue weighted by Gasteiger charge is 2.48. The Hall–Kier alpha value is -4.42. The van der Waals surface area contributed by atoms with Crippen molar-refractivity contribution in [3.05, 3.63) is 35.0 Å². The number of pyridine rings is 1. The molecule has 1 saturated carbocycles. The molecule has 13 nitrogen and oxygen atoms in total. The number of primary amides is 1. The predicted octanol–water partition coefficient (Wildman–Crippen LogP) is 2.28. The molecular weight excluding hydrogens is 536 g/mol. The largest absolute Gasteiger partial charge is 0.481 e. The van der Waals surface area contributed by atoms with Crippen LogP contribution in [0, 0.1) is 6.92 Å². The molecule has 1 aromatic heterocycles. The van der Waals surface area contributed by atoms with Crippen LogP contribution in [0.5, 0.6) is 5.75 Å². The van der Waals surface area contributed by atoms with Gasteiger partial charge in [0, 0.05) is 38.0 Å². The van der Waals surface area contributed by atoms with E-state index >= 15 is 0 Å². The van der Waals surface area contributed by atoms with Crippen molar-refractivity contribution in [3.8, 4) is 5.75 Å². The van der Waals surface area contributed by atoms with Gasteiger partial charge in [0.15, 0.2) is 0 Å². The first-order valence-electron chi connectivity index (χ1n) is 13.6. The van der Waals surface area contributed by atoms with Gasteiger partial charge in [-0.3, -0.25) is 19.4 Å². The molecule has 1 saturated heterocycles. The molecule has 1 aromatic carbocycles. The molecule has 3 amide bonds. The number of piperazine rings is 1. The predicted molar refractivity (Wildman–Crippen MR) is 145 cm³/mol. The number of hydrogen-bond donors (Lipinski definition) is 3. The number of aryl methyl sites for hydroxylation is 1. The number of amides is 3. The smallest absolute Gasteiger partial charge is 0.409 e. The number of carboxylic acid groups (broad SMARTS) is 2. The number of carboxylic acids is 2. The molecule has 13 heteroatoms. The van der Waals surface area contributed by atoms with Crippen LogP contribution >= 0.6 is 0 Å². The third kappa shape index (κ3) is 6.03. The molecule has 4 rings (SSSR count). The molecule has 2 aliphatic rings. The van der Waals surface area contributed by atoms with Gasteiger partial charge in [0.2, 0.25) is 11.5 Å². The van der Waals surface area contributed by atoms with Crippen molar-refractivity contribution >= 4 is 40.7 Å². The number of ether oxygens (including phenoxy) is 2. The van der Waals surface area contributed by atoms with Crippen molar-refractivity contribution < 1.29 is 43.7 Å². The Balaban J connectivity index is 1.81. The van der Waals surface area contributed by atoms with Gasteiger partial charge >= 0.3 is 18.0 Å². The molecule has 0 radical (unpaired) electrons. The number of carbonyl (C=O) groups is 5. The molecule has 1 aliphatic heterocycles. The summed E-state index contributed by atoms with van der Waals surface area (Å²) >= 11 is 0. The van der Waals surface area contributed by atoms with E-state index in [-0.39, 0.29) is 69.1 Å². The second-order valence-corrected chi connectivity index (χ2v) is 10.3. The standard InChI is InChI=1S/C28H34N4O9/c1-3-40-27(39)32-13-11-31(12-14-32)25(36)17(6-8-20(33)34)22-21(24(29)35)23(41-28(26(37)38)9-4-10-28)18-15-16(2)5-7-19(18)30-22/h5,7,15,17H,3-4,6,8-14H2,1-2H3,(H2,29,35)(H,33,34)(H,37,38). The molecule has 0 bridgehead atoms. The van der Waals surface area contributed by atoms with Crippen molar-refractivity contribution in [2.45, 2.75) is 57.5 Å². The van der Waals surface area contributed by atoms with E-state index in [2.05, 4.69) is 4.98 Å². The number of nitrogens with two attached hydrogens (primary N) is 1. The third-order valence-corrected chi connectivity index (χ3v) is 7.61. The summed E-state index contributed by atoms with van der Waals surface area (Å²) < 4.78 is 11.2. The van der Waals surface area contributed by atoms with Crippen molar-refractivity contribution in [1.82, 2.24) is 14.8 Å². The van der Waals surface area contributed by atoms with Crippen molar-refractivity contribution in [2.75, 3.05) is 32.8 Å². The van der Waals surface area contributed by atoms with E-state index in [0.717, 1.165) is 5.56 Å². The number of fused-ring (bicyclic) bond motifs is 1. The highest BCUT2D eigenvalue weighted by molar-refractivity contribution is 6.05. The zero-order valence-corrected chi connectivity index (χ0v) is 23.1. The fraction of sp³-hybridized carbons (Fsp3) is 0.500. The number of nitrogens with zero attached hydrogens (tertiary/aromatic N) is 3. The summed E-state index contributed by atoms with van der Waals surface area (Å²) in [4.78, 5) is 70.4. The molecule has 4 N–H and O–H groups in total. The minimum absolute atomic E-state index is 0.0669. The number of rotatable bonds is 10. The van der Waals surface area contributed by atoms with Crippen molar-refractivity contribution in [1.29, 1.82) is 0 Å². The number of benzene rings is 1. The Labute approximate surface area is 236 Å². The molecule has 220 valence electrons. The summed E-state index contributed by atoms with van der Waals surface area (Å²) in [6.07, 6.45) is -0.0322.